The lowest BCUT2D eigenvalue weighted by Crippen LogP contribution is -2.54. The smallest absolute Gasteiger partial charge is 0.123 e. The van der Waals surface area contributed by atoms with Gasteiger partial charge in [-0.15, -0.1) is 0 Å². The van der Waals surface area contributed by atoms with Gasteiger partial charge < -0.3 is 15.4 Å². The maximum Gasteiger partial charge on any atom is 0.123 e. The maximum absolute atomic E-state index is 6.25. The number of para-hydroxylation sites is 1. The van der Waals surface area contributed by atoms with Crippen molar-refractivity contribution in [2.45, 2.75) is 31.3 Å². The lowest BCUT2D eigenvalue weighted by atomic mass is 9.88. The average molecular weight is 289 g/mol. The van der Waals surface area contributed by atoms with Crippen LogP contribution in [0.15, 0.2) is 24.3 Å². The molecule has 1 aromatic carbocycles. The molecule has 21 heavy (non-hydrogen) atoms. The van der Waals surface area contributed by atoms with Gasteiger partial charge in [0, 0.05) is 30.7 Å². The first-order valence-corrected chi connectivity index (χ1v) is 8.08. The largest absolute Gasteiger partial charge is 0.492 e. The molecule has 1 unspecified atom stereocenters. The van der Waals surface area contributed by atoms with Crippen LogP contribution in [0, 0.1) is 0 Å². The van der Waals surface area contributed by atoms with Gasteiger partial charge in [-0.1, -0.05) is 18.2 Å². The van der Waals surface area contributed by atoms with E-state index in [9.17, 15) is 0 Å². The lowest BCUT2D eigenvalue weighted by Gasteiger charge is -2.42. The van der Waals surface area contributed by atoms with Crippen molar-refractivity contribution in [1.82, 2.24) is 9.80 Å². The van der Waals surface area contributed by atoms with Gasteiger partial charge in [-0.2, -0.15) is 0 Å². The Balaban J connectivity index is 1.83. The third-order valence-electron chi connectivity index (χ3n) is 5.14. The van der Waals surface area contributed by atoms with Gasteiger partial charge in [0.05, 0.1) is 0 Å². The van der Waals surface area contributed by atoms with Crippen molar-refractivity contribution in [3.8, 4) is 5.75 Å². The van der Waals surface area contributed by atoms with Gasteiger partial charge in [-0.3, -0.25) is 4.90 Å². The molecular weight excluding hydrogens is 262 g/mol. The molecule has 0 radical (unpaired) electrons. The van der Waals surface area contributed by atoms with Crippen molar-refractivity contribution in [3.63, 3.8) is 0 Å². The number of ether oxygens (including phenoxy) is 1. The van der Waals surface area contributed by atoms with Crippen molar-refractivity contribution in [2.75, 3.05) is 39.8 Å². The highest BCUT2D eigenvalue weighted by molar-refractivity contribution is 5.34. The highest BCUT2D eigenvalue weighted by Gasteiger charge is 2.37. The normalized spacial score (nSPS) is 28.3. The summed E-state index contributed by atoms with van der Waals surface area (Å²) in [7, 11) is 2.22. The minimum atomic E-state index is 0.131. The van der Waals surface area contributed by atoms with Gasteiger partial charge in [0.25, 0.3) is 0 Å². The first kappa shape index (κ1) is 14.8. The Morgan fingerprint density at radius 1 is 1.19 bits per heavy atom. The summed E-state index contributed by atoms with van der Waals surface area (Å²) in [4.78, 5) is 5.01. The number of nitrogens with two attached hydrogens (primary N) is 1. The molecule has 1 aromatic rings. The third-order valence-corrected chi connectivity index (χ3v) is 5.14. The standard InChI is InChI=1S/C17H27N3O/c1-19-9-4-7-17(14-18,8-10-19)20-11-12-21-16-6-3-2-5-15(16)13-20/h2-3,5-6H,4,7-14,18H2,1H3. The van der Waals surface area contributed by atoms with Crippen LogP contribution < -0.4 is 10.5 Å². The summed E-state index contributed by atoms with van der Waals surface area (Å²) in [6.07, 6.45) is 3.57. The monoisotopic (exact) mass is 289 g/mol. The van der Waals surface area contributed by atoms with Crippen molar-refractivity contribution in [2.24, 2.45) is 5.73 Å². The van der Waals surface area contributed by atoms with E-state index in [1.165, 1.54) is 24.9 Å². The number of benzene rings is 1. The quantitative estimate of drug-likeness (QED) is 0.900. The Morgan fingerprint density at radius 3 is 2.90 bits per heavy atom. The number of nitrogens with zero attached hydrogens (tertiary/aromatic N) is 2. The molecule has 0 bridgehead atoms. The Bertz CT molecular complexity index is 479. The average Bonchev–Trinajstić information content (AvgIpc) is 2.83. The minimum absolute atomic E-state index is 0.131. The molecule has 2 N–H and O–H groups in total. The number of hydrogen-bond acceptors (Lipinski definition) is 4. The summed E-state index contributed by atoms with van der Waals surface area (Å²) in [6, 6.07) is 8.41. The molecule has 3 rings (SSSR count). The van der Waals surface area contributed by atoms with Crippen LogP contribution in [0.4, 0.5) is 0 Å². The summed E-state index contributed by atoms with van der Waals surface area (Å²) in [6.45, 7) is 5.74. The maximum atomic E-state index is 6.25. The zero-order valence-corrected chi connectivity index (χ0v) is 13.1. The van der Waals surface area contributed by atoms with E-state index < -0.39 is 0 Å². The van der Waals surface area contributed by atoms with Gasteiger partial charge in [0.15, 0.2) is 0 Å². The predicted octanol–water partition coefficient (Wildman–Crippen LogP) is 1.69. The number of likely N-dealkylation sites (tertiary alicyclic amines) is 1. The van der Waals surface area contributed by atoms with Crippen LogP contribution in [0.1, 0.15) is 24.8 Å². The highest BCUT2D eigenvalue weighted by atomic mass is 16.5. The molecule has 1 saturated heterocycles. The Kier molecular flexibility index (Phi) is 4.48. The molecule has 0 spiro atoms. The second-order valence-corrected chi connectivity index (χ2v) is 6.46. The van der Waals surface area contributed by atoms with Crippen LogP contribution in [0.5, 0.6) is 5.75 Å². The molecule has 2 aliphatic heterocycles. The first-order chi connectivity index (χ1) is 10.2. The Hall–Kier alpha value is -1.10. The molecule has 0 amide bonds. The molecule has 0 aromatic heterocycles. The van der Waals surface area contributed by atoms with Crippen LogP contribution >= 0.6 is 0 Å². The lowest BCUT2D eigenvalue weighted by molar-refractivity contribution is 0.0649. The van der Waals surface area contributed by atoms with E-state index in [1.54, 1.807) is 0 Å². The molecule has 2 heterocycles. The molecule has 1 fully saturated rings. The van der Waals surface area contributed by atoms with E-state index in [-0.39, 0.29) is 5.54 Å². The number of hydrogen-bond donors (Lipinski definition) is 1. The summed E-state index contributed by atoms with van der Waals surface area (Å²) < 4.78 is 5.92. The fourth-order valence-electron chi connectivity index (χ4n) is 3.69. The van der Waals surface area contributed by atoms with Gasteiger partial charge in [-0.05, 0) is 45.5 Å². The van der Waals surface area contributed by atoms with Crippen LogP contribution in [0.2, 0.25) is 0 Å². The van der Waals surface area contributed by atoms with Crippen LogP contribution in [0.25, 0.3) is 0 Å². The van der Waals surface area contributed by atoms with Crippen molar-refractivity contribution < 1.29 is 4.74 Å². The topological polar surface area (TPSA) is 41.7 Å². The molecule has 1 atom stereocenters. The van der Waals surface area contributed by atoms with Gasteiger partial charge in [0.1, 0.15) is 12.4 Å². The van der Waals surface area contributed by atoms with Gasteiger partial charge in [0.2, 0.25) is 0 Å². The Labute approximate surface area is 127 Å². The van der Waals surface area contributed by atoms with E-state index in [0.717, 1.165) is 45.0 Å². The van der Waals surface area contributed by atoms with Crippen LogP contribution in [-0.2, 0) is 6.54 Å². The first-order valence-electron chi connectivity index (χ1n) is 8.08. The van der Waals surface area contributed by atoms with E-state index >= 15 is 0 Å². The summed E-state index contributed by atoms with van der Waals surface area (Å²) in [5.41, 5.74) is 7.68. The molecular formula is C17H27N3O. The van der Waals surface area contributed by atoms with E-state index in [4.69, 9.17) is 10.5 Å². The highest BCUT2D eigenvalue weighted by Crippen LogP contribution is 2.32. The fraction of sp³-hybridized carbons (Fsp3) is 0.647. The zero-order chi connectivity index (χ0) is 14.7. The molecule has 0 saturated carbocycles. The van der Waals surface area contributed by atoms with Gasteiger partial charge >= 0.3 is 0 Å². The van der Waals surface area contributed by atoms with Crippen LogP contribution in [-0.4, -0.2) is 55.2 Å². The molecule has 2 aliphatic rings. The number of rotatable bonds is 2. The second-order valence-electron chi connectivity index (χ2n) is 6.46. The van der Waals surface area contributed by atoms with Crippen molar-refractivity contribution >= 4 is 0 Å². The SMILES string of the molecule is CN1CCCC(CN)(N2CCOc3ccccc3C2)CC1. The van der Waals surface area contributed by atoms with Crippen molar-refractivity contribution in [1.29, 1.82) is 0 Å². The third kappa shape index (κ3) is 3.07. The summed E-state index contributed by atoms with van der Waals surface area (Å²) >= 11 is 0. The molecule has 4 heteroatoms. The zero-order valence-electron chi connectivity index (χ0n) is 13.1. The molecule has 4 nitrogen and oxygen atoms in total. The Morgan fingerprint density at radius 2 is 2.05 bits per heavy atom. The van der Waals surface area contributed by atoms with Crippen molar-refractivity contribution in [3.05, 3.63) is 29.8 Å². The minimum Gasteiger partial charge on any atom is -0.492 e. The predicted molar refractivity (Wildman–Crippen MR) is 85.5 cm³/mol. The van der Waals surface area contributed by atoms with E-state index in [2.05, 4.69) is 35.0 Å². The fourth-order valence-corrected chi connectivity index (χ4v) is 3.69. The van der Waals surface area contributed by atoms with Crippen LogP contribution in [0.3, 0.4) is 0 Å². The second kappa shape index (κ2) is 6.34. The van der Waals surface area contributed by atoms with Gasteiger partial charge in [-0.25, -0.2) is 0 Å². The molecule has 0 aliphatic carbocycles. The molecule has 116 valence electrons. The number of fused-ring (bicyclic) bond motifs is 1. The van der Waals surface area contributed by atoms with E-state index in [1.807, 2.05) is 6.07 Å². The van der Waals surface area contributed by atoms with E-state index in [0.29, 0.717) is 0 Å². The summed E-state index contributed by atoms with van der Waals surface area (Å²) in [5, 5.41) is 0. The summed E-state index contributed by atoms with van der Waals surface area (Å²) in [5.74, 6) is 1.04.